The van der Waals surface area contributed by atoms with Crippen molar-refractivity contribution in [2.45, 2.75) is 33.6 Å². The van der Waals surface area contributed by atoms with Gasteiger partial charge in [-0.1, -0.05) is 48.9 Å². The molecule has 1 rings (SSSR count). The molecule has 1 N–H and O–H groups in total. The van der Waals surface area contributed by atoms with Crippen molar-refractivity contribution in [3.05, 3.63) is 47.5 Å². The summed E-state index contributed by atoms with van der Waals surface area (Å²) in [5.41, 5.74) is 1.29. The van der Waals surface area contributed by atoms with Crippen molar-refractivity contribution >= 4 is 5.97 Å². The summed E-state index contributed by atoms with van der Waals surface area (Å²) in [5.74, 6) is -0.554. The van der Waals surface area contributed by atoms with Gasteiger partial charge in [0.2, 0.25) is 0 Å². The molecular formula is C15H20O2. The van der Waals surface area contributed by atoms with E-state index in [9.17, 15) is 4.79 Å². The number of carbonyl (C=O) groups is 1. The molecule has 1 aromatic carbocycles. The summed E-state index contributed by atoms with van der Waals surface area (Å²) in [5, 5.41) is 9.15. The SMILES string of the molecule is CC(=CC(C)c1ccccc1)C(C)(C)C(=O)O. The summed E-state index contributed by atoms with van der Waals surface area (Å²) in [6.07, 6.45) is 2.03. The summed E-state index contributed by atoms with van der Waals surface area (Å²) in [6, 6.07) is 10.1. The molecule has 1 unspecified atom stereocenters. The first kappa shape index (κ1) is 13.5. The van der Waals surface area contributed by atoms with Gasteiger partial charge in [0.05, 0.1) is 5.41 Å². The monoisotopic (exact) mass is 232 g/mol. The second-order valence-corrected chi connectivity index (χ2v) is 4.98. The van der Waals surface area contributed by atoms with Crippen LogP contribution < -0.4 is 0 Å². The molecule has 1 aromatic rings. The first-order chi connectivity index (χ1) is 7.85. The van der Waals surface area contributed by atoms with E-state index in [4.69, 9.17) is 5.11 Å². The minimum absolute atomic E-state index is 0.231. The highest BCUT2D eigenvalue weighted by Crippen LogP contribution is 2.29. The first-order valence-electron chi connectivity index (χ1n) is 5.83. The molecule has 0 saturated heterocycles. The molecule has 17 heavy (non-hydrogen) atoms. The minimum Gasteiger partial charge on any atom is -0.481 e. The van der Waals surface area contributed by atoms with Crippen LogP contribution in [0.25, 0.3) is 0 Å². The second-order valence-electron chi connectivity index (χ2n) is 4.98. The lowest BCUT2D eigenvalue weighted by atomic mass is 9.83. The highest BCUT2D eigenvalue weighted by Gasteiger charge is 2.29. The van der Waals surface area contributed by atoms with Gasteiger partial charge in [0.1, 0.15) is 0 Å². The van der Waals surface area contributed by atoms with Crippen LogP contribution in [0.15, 0.2) is 42.0 Å². The van der Waals surface area contributed by atoms with Crippen molar-refractivity contribution in [2.24, 2.45) is 5.41 Å². The molecule has 0 radical (unpaired) electrons. The fraction of sp³-hybridized carbons (Fsp3) is 0.400. The molecule has 2 heteroatoms. The average Bonchev–Trinajstić information content (AvgIpc) is 2.29. The number of carboxylic acids is 1. The van der Waals surface area contributed by atoms with E-state index >= 15 is 0 Å². The maximum Gasteiger partial charge on any atom is 0.313 e. The van der Waals surface area contributed by atoms with Gasteiger partial charge >= 0.3 is 5.97 Å². The molecule has 0 aliphatic rings. The maximum absolute atomic E-state index is 11.1. The van der Waals surface area contributed by atoms with Crippen LogP contribution >= 0.6 is 0 Å². The molecule has 92 valence electrons. The third-order valence-corrected chi connectivity index (χ3v) is 3.35. The van der Waals surface area contributed by atoms with Gasteiger partial charge in [-0.2, -0.15) is 0 Å². The molecule has 0 saturated carbocycles. The Morgan fingerprint density at radius 2 is 1.82 bits per heavy atom. The smallest absolute Gasteiger partial charge is 0.313 e. The van der Waals surface area contributed by atoms with Crippen molar-refractivity contribution in [2.75, 3.05) is 0 Å². The van der Waals surface area contributed by atoms with Gasteiger partial charge in [0.15, 0.2) is 0 Å². The van der Waals surface area contributed by atoms with Crippen LogP contribution in [0.5, 0.6) is 0 Å². The normalized spacial score (nSPS) is 14.5. The molecule has 0 aromatic heterocycles. The highest BCUT2D eigenvalue weighted by molar-refractivity contribution is 5.77. The number of rotatable bonds is 4. The highest BCUT2D eigenvalue weighted by atomic mass is 16.4. The Morgan fingerprint density at radius 3 is 2.29 bits per heavy atom. The number of carboxylic acid groups (broad SMARTS) is 1. The summed E-state index contributed by atoms with van der Waals surface area (Å²) < 4.78 is 0. The minimum atomic E-state index is -0.803. The maximum atomic E-state index is 11.1. The Bertz CT molecular complexity index is 416. The Labute approximate surface area is 103 Å². The van der Waals surface area contributed by atoms with Gasteiger partial charge < -0.3 is 5.11 Å². The zero-order valence-electron chi connectivity index (χ0n) is 10.9. The van der Waals surface area contributed by atoms with Crippen LogP contribution in [-0.4, -0.2) is 11.1 Å². The number of aliphatic carboxylic acids is 1. The topological polar surface area (TPSA) is 37.3 Å². The van der Waals surface area contributed by atoms with Crippen LogP contribution in [0.3, 0.4) is 0 Å². The van der Waals surface area contributed by atoms with Gasteiger partial charge in [0, 0.05) is 0 Å². The number of hydrogen-bond acceptors (Lipinski definition) is 1. The molecule has 1 atom stereocenters. The molecule has 0 aliphatic heterocycles. The third kappa shape index (κ3) is 3.19. The molecule has 0 bridgehead atoms. The predicted octanol–water partition coefficient (Wildman–Crippen LogP) is 3.85. The average molecular weight is 232 g/mol. The number of hydrogen-bond donors (Lipinski definition) is 1. The fourth-order valence-corrected chi connectivity index (χ4v) is 1.60. The van der Waals surface area contributed by atoms with E-state index in [0.29, 0.717) is 0 Å². The molecule has 0 heterocycles. The van der Waals surface area contributed by atoms with Crippen molar-refractivity contribution in [3.8, 4) is 0 Å². The van der Waals surface area contributed by atoms with E-state index in [1.807, 2.05) is 31.2 Å². The van der Waals surface area contributed by atoms with Crippen molar-refractivity contribution in [3.63, 3.8) is 0 Å². The molecular weight excluding hydrogens is 212 g/mol. The van der Waals surface area contributed by atoms with E-state index in [0.717, 1.165) is 5.57 Å². The van der Waals surface area contributed by atoms with Gasteiger partial charge in [-0.15, -0.1) is 0 Å². The van der Waals surface area contributed by atoms with Gasteiger partial charge in [0.25, 0.3) is 0 Å². The summed E-state index contributed by atoms with van der Waals surface area (Å²) in [6.45, 7) is 7.43. The number of allylic oxidation sites excluding steroid dienone is 1. The van der Waals surface area contributed by atoms with Crippen LogP contribution in [0.1, 0.15) is 39.2 Å². The third-order valence-electron chi connectivity index (χ3n) is 3.35. The van der Waals surface area contributed by atoms with Crippen molar-refractivity contribution in [1.29, 1.82) is 0 Å². The Balaban J connectivity index is 2.93. The summed E-state index contributed by atoms with van der Waals surface area (Å²) >= 11 is 0. The van der Waals surface area contributed by atoms with Crippen molar-refractivity contribution < 1.29 is 9.90 Å². The lowest BCUT2D eigenvalue weighted by Crippen LogP contribution is -2.25. The van der Waals surface area contributed by atoms with E-state index < -0.39 is 11.4 Å². The molecule has 2 nitrogen and oxygen atoms in total. The molecule has 0 aliphatic carbocycles. The second kappa shape index (κ2) is 5.17. The molecule has 0 spiro atoms. The Kier molecular flexibility index (Phi) is 4.11. The van der Waals surface area contributed by atoms with Crippen molar-refractivity contribution in [1.82, 2.24) is 0 Å². The quantitative estimate of drug-likeness (QED) is 0.801. The lowest BCUT2D eigenvalue weighted by Gasteiger charge is -2.21. The standard InChI is InChI=1S/C15H20O2/c1-11(13-8-6-5-7-9-13)10-12(2)15(3,4)14(16)17/h5-11H,1-4H3,(H,16,17). The van der Waals surface area contributed by atoms with E-state index in [1.54, 1.807) is 13.8 Å². The van der Waals surface area contributed by atoms with Crippen LogP contribution in [0.2, 0.25) is 0 Å². The summed E-state index contributed by atoms with van der Waals surface area (Å²) in [4.78, 5) is 11.1. The first-order valence-corrected chi connectivity index (χ1v) is 5.83. The predicted molar refractivity (Wildman–Crippen MR) is 70.0 cm³/mol. The largest absolute Gasteiger partial charge is 0.481 e. The van der Waals surface area contributed by atoms with Crippen LogP contribution in [-0.2, 0) is 4.79 Å². The Hall–Kier alpha value is -1.57. The molecule has 0 amide bonds. The number of benzene rings is 1. The zero-order chi connectivity index (χ0) is 13.1. The fourth-order valence-electron chi connectivity index (χ4n) is 1.60. The van der Waals surface area contributed by atoms with Gasteiger partial charge in [-0.05, 0) is 32.3 Å². The van der Waals surface area contributed by atoms with Gasteiger partial charge in [-0.3, -0.25) is 4.79 Å². The van der Waals surface area contributed by atoms with E-state index in [-0.39, 0.29) is 5.92 Å². The Morgan fingerprint density at radius 1 is 1.29 bits per heavy atom. The van der Waals surface area contributed by atoms with Gasteiger partial charge in [-0.25, -0.2) is 0 Å². The van der Waals surface area contributed by atoms with Crippen LogP contribution in [0, 0.1) is 5.41 Å². The van der Waals surface area contributed by atoms with E-state index in [2.05, 4.69) is 19.1 Å². The summed E-state index contributed by atoms with van der Waals surface area (Å²) in [7, 11) is 0. The van der Waals surface area contributed by atoms with E-state index in [1.165, 1.54) is 5.56 Å². The zero-order valence-corrected chi connectivity index (χ0v) is 10.9. The molecule has 0 fully saturated rings. The van der Waals surface area contributed by atoms with Crippen LogP contribution in [0.4, 0.5) is 0 Å². The lowest BCUT2D eigenvalue weighted by molar-refractivity contribution is -0.144.